The largest absolute Gasteiger partial charge is 0.419 e. The zero-order valence-corrected chi connectivity index (χ0v) is 53.1. The van der Waals surface area contributed by atoms with Crippen molar-refractivity contribution in [1.29, 1.82) is 0 Å². The molecule has 9 rings (SSSR count). The van der Waals surface area contributed by atoms with E-state index in [0.717, 1.165) is 35.3 Å². The van der Waals surface area contributed by atoms with Gasteiger partial charge in [0.15, 0.2) is 0 Å². The van der Waals surface area contributed by atoms with Crippen LogP contribution in [-0.2, 0) is 45.8 Å². The molecular weight excluding hydrogens is 1300 g/mol. The van der Waals surface area contributed by atoms with E-state index in [4.69, 9.17) is 17.3 Å². The lowest BCUT2D eigenvalue weighted by atomic mass is 10.1. The number of halogens is 10. The number of benzene rings is 6. The third-order valence-electron chi connectivity index (χ3n) is 13.2. The summed E-state index contributed by atoms with van der Waals surface area (Å²) >= 11 is 5.67. The van der Waals surface area contributed by atoms with Gasteiger partial charge in [0.2, 0.25) is 5.91 Å². The summed E-state index contributed by atoms with van der Waals surface area (Å²) in [5.74, 6) is -0.939. The maximum atomic E-state index is 13.6. The number of hydrogen-bond donors (Lipinski definition) is 10. The van der Waals surface area contributed by atoms with E-state index in [0.29, 0.717) is 36.1 Å². The van der Waals surface area contributed by atoms with Crippen molar-refractivity contribution in [1.82, 2.24) is 30.9 Å². The Balaban J connectivity index is 0.000000216. The summed E-state index contributed by atoms with van der Waals surface area (Å²) in [7, 11) is 4.32. The Bertz CT molecular complexity index is 4060. The smallest absolute Gasteiger partial charge is 0.399 e. The summed E-state index contributed by atoms with van der Waals surface area (Å²) in [5.41, 5.74) is 7.39. The highest BCUT2D eigenvalue weighted by Gasteiger charge is 2.37. The van der Waals surface area contributed by atoms with Crippen molar-refractivity contribution in [3.05, 3.63) is 232 Å². The highest BCUT2D eigenvalue weighted by atomic mass is 35.5. The average molecular weight is 1360 g/mol. The van der Waals surface area contributed by atoms with Crippen molar-refractivity contribution in [2.75, 3.05) is 58.8 Å². The van der Waals surface area contributed by atoms with Crippen LogP contribution in [0.2, 0.25) is 5.15 Å². The Kier molecular flexibility index (Phi) is 26.1. The first-order valence-electron chi connectivity index (χ1n) is 28.8. The first kappa shape index (κ1) is 74.5. The number of carbonyl (C=O) groups excluding carboxylic acids is 6. The number of para-hydroxylation sites is 3. The first-order valence-corrected chi connectivity index (χ1v) is 29.2. The number of nitrogen functional groups attached to an aromatic ring is 1. The van der Waals surface area contributed by atoms with Gasteiger partial charge in [-0.05, 0) is 116 Å². The highest BCUT2D eigenvalue weighted by Crippen LogP contribution is 2.41. The molecule has 0 saturated carbocycles. The van der Waals surface area contributed by atoms with E-state index < -0.39 is 52.9 Å². The summed E-state index contributed by atoms with van der Waals surface area (Å²) in [4.78, 5) is 80.2. The number of nitrogens with one attached hydrogen (secondary N) is 9. The lowest BCUT2D eigenvalue weighted by molar-refractivity contribution is -0.138. The van der Waals surface area contributed by atoms with Gasteiger partial charge in [0.05, 0.1) is 67.5 Å². The Morgan fingerprint density at radius 1 is 0.402 bits per heavy atom. The van der Waals surface area contributed by atoms with E-state index in [-0.39, 0.29) is 85.1 Å². The Labute approximate surface area is 555 Å². The number of aromatic nitrogens is 3. The fourth-order valence-electron chi connectivity index (χ4n) is 8.73. The monoisotopic (exact) mass is 1360 g/mol. The van der Waals surface area contributed by atoms with Gasteiger partial charge in [0.1, 0.15) is 28.4 Å². The van der Waals surface area contributed by atoms with Gasteiger partial charge in [0.25, 0.3) is 17.7 Å². The molecule has 19 nitrogen and oxygen atoms in total. The number of alkyl halides is 9. The van der Waals surface area contributed by atoms with Crippen LogP contribution < -0.4 is 53.6 Å². The number of carbonyl (C=O) groups is 6. The molecule has 6 aromatic carbocycles. The van der Waals surface area contributed by atoms with Gasteiger partial charge < -0.3 is 53.6 Å². The van der Waals surface area contributed by atoms with Crippen LogP contribution in [0.3, 0.4) is 0 Å². The third-order valence-corrected chi connectivity index (χ3v) is 13.4. The molecular formula is C68H63ClF9N13O6. The second-order valence-electron chi connectivity index (χ2n) is 20.7. The molecule has 506 valence electrons. The van der Waals surface area contributed by atoms with Crippen LogP contribution in [0, 0.1) is 0 Å². The van der Waals surface area contributed by atoms with Gasteiger partial charge in [-0.2, -0.15) is 39.5 Å². The second kappa shape index (κ2) is 34.0. The van der Waals surface area contributed by atoms with Crippen molar-refractivity contribution in [2.45, 2.75) is 52.1 Å². The fraction of sp³-hybridized carbons (Fsp3) is 0.162. The molecule has 29 heteroatoms. The molecule has 0 atom stereocenters. The van der Waals surface area contributed by atoms with Crippen LogP contribution >= 0.6 is 11.6 Å². The van der Waals surface area contributed by atoms with Gasteiger partial charge in [-0.1, -0.05) is 72.3 Å². The van der Waals surface area contributed by atoms with Crippen LogP contribution in [-0.4, -0.2) is 71.3 Å². The van der Waals surface area contributed by atoms with E-state index in [2.05, 4.69) is 62.8 Å². The molecule has 3 aromatic heterocycles. The summed E-state index contributed by atoms with van der Waals surface area (Å²) in [6.07, 6.45) is -11.2. The highest BCUT2D eigenvalue weighted by molar-refractivity contribution is 6.29. The number of hydrogen-bond acceptors (Lipinski definition) is 15. The predicted octanol–water partition coefficient (Wildman–Crippen LogP) is 15.2. The number of rotatable bonds is 18. The molecule has 4 amide bonds. The lowest BCUT2D eigenvalue weighted by Crippen LogP contribution is -2.19. The van der Waals surface area contributed by atoms with Crippen molar-refractivity contribution in [2.24, 2.45) is 0 Å². The molecule has 0 saturated heterocycles. The van der Waals surface area contributed by atoms with Crippen LogP contribution in [0.25, 0.3) is 0 Å². The maximum Gasteiger partial charge on any atom is 0.419 e. The van der Waals surface area contributed by atoms with E-state index in [1.54, 1.807) is 109 Å². The van der Waals surface area contributed by atoms with Crippen molar-refractivity contribution < 1.29 is 68.3 Å². The molecule has 3 heterocycles. The molecule has 0 aliphatic carbocycles. The SMILES string of the molecule is CC(=O)Nc1ccc(N)cc1.CNC(=O)c1ccccc1Nc1cc(Cl)ncc1C(F)(F)F.CNC(=O)c1ccccc1Nc1cc(Nc2ccc(CC(C)=O)cc2)ncc1C(F)(F)F.CNC(=O)c1ccccc1Nc1cc(Nc2ccc(CC(C)=O)cc2)ncc1C(F)(F)F. The van der Waals surface area contributed by atoms with Crippen LogP contribution in [0.5, 0.6) is 0 Å². The lowest BCUT2D eigenvalue weighted by Gasteiger charge is -2.17. The minimum atomic E-state index is -4.65. The number of nitrogens with zero attached hydrogens (tertiary/aromatic N) is 3. The quantitative estimate of drug-likeness (QED) is 0.0217. The Hall–Kier alpha value is -11.6. The number of Topliss-reactive ketones (excluding diaryl/α,β-unsaturated/α-hetero) is 2. The standard InChI is InChI=1S/2C23H21F3N4O2.C14H11ClF3N3O.C8H10N2O/c2*1-14(31)11-15-7-9-16(10-8-15)29-21-12-20(18(13-28-21)23(24,25)26)30-19-6-4-3-5-17(19)22(32)27-2;1-19-13(22)8-4-2-3-5-10(8)21-11-6-12(15)20-7-9(11)14(16,17)18;1-6(11)10-8-4-2-7(9)3-5-8/h2*3-10,12-13H,11H2,1-2H3,(H,27,32)(H2,28,29,30);2-7H,1H3,(H,19,22)(H,20,21);2-5H,9H2,1H3,(H,10,11). The van der Waals surface area contributed by atoms with Crippen LogP contribution in [0.15, 0.2) is 182 Å². The number of ketones is 2. The normalized spacial score (nSPS) is 10.8. The maximum absolute atomic E-state index is 13.6. The molecule has 9 aromatic rings. The molecule has 0 aliphatic heterocycles. The van der Waals surface area contributed by atoms with Crippen LogP contribution in [0.4, 0.5) is 108 Å². The minimum absolute atomic E-state index is 0.0304. The minimum Gasteiger partial charge on any atom is -0.399 e. The molecule has 0 aliphatic rings. The zero-order chi connectivity index (χ0) is 71.2. The third kappa shape index (κ3) is 22.9. The van der Waals surface area contributed by atoms with Gasteiger partial charge >= 0.3 is 18.5 Å². The summed E-state index contributed by atoms with van der Waals surface area (Å²) in [6.45, 7) is 4.46. The Morgan fingerprint density at radius 3 is 1.02 bits per heavy atom. The molecule has 0 bridgehead atoms. The van der Waals surface area contributed by atoms with Crippen molar-refractivity contribution in [3.63, 3.8) is 0 Å². The van der Waals surface area contributed by atoms with Crippen molar-refractivity contribution >= 4 is 115 Å². The van der Waals surface area contributed by atoms with E-state index in [1.165, 1.54) is 90.4 Å². The molecule has 0 radical (unpaired) electrons. The topological polar surface area (TPSA) is 275 Å². The molecule has 0 unspecified atom stereocenters. The number of pyridine rings is 3. The summed E-state index contributed by atoms with van der Waals surface area (Å²) in [6, 6.07) is 43.1. The fourth-order valence-corrected chi connectivity index (χ4v) is 8.89. The number of anilines is 12. The van der Waals surface area contributed by atoms with Gasteiger partial charge in [-0.25, -0.2) is 15.0 Å². The zero-order valence-electron chi connectivity index (χ0n) is 52.4. The van der Waals surface area contributed by atoms with Gasteiger partial charge in [-0.3, -0.25) is 28.8 Å². The van der Waals surface area contributed by atoms with Crippen molar-refractivity contribution in [3.8, 4) is 0 Å². The Morgan fingerprint density at radius 2 is 0.711 bits per heavy atom. The average Bonchev–Trinajstić information content (AvgIpc) is 0.842. The molecule has 0 spiro atoms. The summed E-state index contributed by atoms with van der Waals surface area (Å²) < 4.78 is 120. The van der Waals surface area contributed by atoms with Gasteiger partial charge in [0, 0.05) is 94.4 Å². The van der Waals surface area contributed by atoms with E-state index in [1.807, 2.05) is 0 Å². The molecule has 11 N–H and O–H groups in total. The summed E-state index contributed by atoms with van der Waals surface area (Å²) in [5, 5.41) is 23.9. The first-order chi connectivity index (χ1) is 45.8. The van der Waals surface area contributed by atoms with Gasteiger partial charge in [-0.15, -0.1) is 0 Å². The number of amides is 4. The number of nitrogens with two attached hydrogens (primary N) is 1. The van der Waals surface area contributed by atoms with E-state index >= 15 is 0 Å². The molecule has 97 heavy (non-hydrogen) atoms. The molecule has 0 fully saturated rings. The predicted molar refractivity (Wildman–Crippen MR) is 355 cm³/mol. The van der Waals surface area contributed by atoms with E-state index in [9.17, 15) is 68.3 Å². The van der Waals surface area contributed by atoms with Crippen LogP contribution in [0.1, 0.15) is 79.7 Å². The second-order valence-corrected chi connectivity index (χ2v) is 21.1.